The van der Waals surface area contributed by atoms with E-state index < -0.39 is 0 Å². The van der Waals surface area contributed by atoms with Gasteiger partial charge in [-0.05, 0) is 43.4 Å². The Kier molecular flexibility index (Phi) is 9.47. The first-order valence-corrected chi connectivity index (χ1v) is 8.05. The van der Waals surface area contributed by atoms with Crippen molar-refractivity contribution in [2.75, 3.05) is 18.5 Å². The first kappa shape index (κ1) is 19.2. The van der Waals surface area contributed by atoms with Gasteiger partial charge in [-0.3, -0.25) is 4.99 Å². The summed E-state index contributed by atoms with van der Waals surface area (Å²) in [6, 6.07) is 8.25. The third-order valence-corrected chi connectivity index (χ3v) is 3.85. The van der Waals surface area contributed by atoms with Crippen molar-refractivity contribution in [3.63, 3.8) is 0 Å². The summed E-state index contributed by atoms with van der Waals surface area (Å²) >= 11 is 0. The van der Waals surface area contributed by atoms with Crippen LogP contribution in [0, 0.1) is 0 Å². The van der Waals surface area contributed by atoms with Crippen LogP contribution in [0.1, 0.15) is 44.6 Å². The zero-order valence-electron chi connectivity index (χ0n) is 13.4. The molecule has 124 valence electrons. The van der Waals surface area contributed by atoms with E-state index in [4.69, 9.17) is 10.5 Å². The highest BCUT2D eigenvalue weighted by molar-refractivity contribution is 14.0. The molecule has 1 saturated carbocycles. The molecule has 0 radical (unpaired) electrons. The maximum absolute atomic E-state index is 5.90. The molecule has 0 spiro atoms. The first-order valence-electron chi connectivity index (χ1n) is 8.05. The van der Waals surface area contributed by atoms with Crippen molar-refractivity contribution in [2.45, 2.75) is 51.6 Å². The predicted molar refractivity (Wildman–Crippen MR) is 104 cm³/mol. The van der Waals surface area contributed by atoms with Crippen LogP contribution in [-0.2, 0) is 11.2 Å². The summed E-state index contributed by atoms with van der Waals surface area (Å²) in [4.78, 5) is 4.34. The van der Waals surface area contributed by atoms with Crippen molar-refractivity contribution < 1.29 is 4.74 Å². The van der Waals surface area contributed by atoms with Crippen LogP contribution in [0.15, 0.2) is 29.3 Å². The third kappa shape index (κ3) is 6.96. The zero-order valence-corrected chi connectivity index (χ0v) is 15.7. The number of rotatable bonds is 7. The molecular formula is C17H28IN3O. The molecule has 0 aliphatic heterocycles. The normalized spacial score (nSPS) is 15.6. The minimum atomic E-state index is 0. The van der Waals surface area contributed by atoms with Crippen molar-refractivity contribution in [3.8, 4) is 0 Å². The van der Waals surface area contributed by atoms with Gasteiger partial charge in [-0.25, -0.2) is 0 Å². The molecule has 1 aliphatic carbocycles. The number of ether oxygens (including phenoxy) is 1. The van der Waals surface area contributed by atoms with Crippen molar-refractivity contribution in [3.05, 3.63) is 29.8 Å². The standard InChI is InChI=1S/C17H27N3O.HI/c1-2-14-7-5-8-15(13-14)20-17(18)19-11-6-12-21-16-9-3-4-10-16;/h5,7-8,13,16H,2-4,6,9-12H2,1H3,(H3,18,19,20);1H. The predicted octanol–water partition coefficient (Wildman–Crippen LogP) is 3.94. The van der Waals surface area contributed by atoms with Gasteiger partial charge >= 0.3 is 0 Å². The Labute approximate surface area is 150 Å². The number of halogens is 1. The molecule has 0 saturated heterocycles. The van der Waals surface area contributed by atoms with Crippen LogP contribution in [0.3, 0.4) is 0 Å². The van der Waals surface area contributed by atoms with E-state index in [2.05, 4.69) is 29.4 Å². The summed E-state index contributed by atoms with van der Waals surface area (Å²) in [5.74, 6) is 0.476. The molecule has 3 N–H and O–H groups in total. The fraction of sp³-hybridized carbons (Fsp3) is 0.588. The zero-order chi connectivity index (χ0) is 14.9. The van der Waals surface area contributed by atoms with E-state index in [1.165, 1.54) is 31.2 Å². The van der Waals surface area contributed by atoms with Gasteiger partial charge in [0.05, 0.1) is 6.10 Å². The number of aliphatic imine (C=N–C) groups is 1. The van der Waals surface area contributed by atoms with Crippen LogP contribution in [0.4, 0.5) is 5.69 Å². The van der Waals surface area contributed by atoms with Gasteiger partial charge in [-0.1, -0.05) is 31.9 Å². The second kappa shape index (κ2) is 10.8. The van der Waals surface area contributed by atoms with E-state index in [0.29, 0.717) is 18.6 Å². The highest BCUT2D eigenvalue weighted by Gasteiger charge is 2.14. The lowest BCUT2D eigenvalue weighted by molar-refractivity contribution is 0.0579. The molecule has 1 aliphatic rings. The lowest BCUT2D eigenvalue weighted by Gasteiger charge is -2.10. The van der Waals surface area contributed by atoms with Gasteiger partial charge in [0.1, 0.15) is 0 Å². The number of hydrogen-bond donors (Lipinski definition) is 2. The van der Waals surface area contributed by atoms with Gasteiger partial charge in [-0.15, -0.1) is 24.0 Å². The quantitative estimate of drug-likeness (QED) is 0.306. The molecule has 0 heterocycles. The average molecular weight is 417 g/mol. The van der Waals surface area contributed by atoms with E-state index in [1.54, 1.807) is 0 Å². The highest BCUT2D eigenvalue weighted by Crippen LogP contribution is 2.20. The molecule has 0 unspecified atom stereocenters. The Morgan fingerprint density at radius 1 is 1.36 bits per heavy atom. The van der Waals surface area contributed by atoms with Crippen molar-refractivity contribution in [2.24, 2.45) is 10.7 Å². The molecular weight excluding hydrogens is 389 g/mol. The van der Waals surface area contributed by atoms with Crippen LogP contribution >= 0.6 is 24.0 Å². The Morgan fingerprint density at radius 2 is 2.14 bits per heavy atom. The smallest absolute Gasteiger partial charge is 0.193 e. The van der Waals surface area contributed by atoms with Gasteiger partial charge in [0, 0.05) is 18.8 Å². The molecule has 5 heteroatoms. The van der Waals surface area contributed by atoms with Crippen molar-refractivity contribution in [1.29, 1.82) is 0 Å². The van der Waals surface area contributed by atoms with Gasteiger partial charge in [0.2, 0.25) is 0 Å². The monoisotopic (exact) mass is 417 g/mol. The Balaban J connectivity index is 0.00000242. The number of nitrogens with zero attached hydrogens (tertiary/aromatic N) is 1. The maximum atomic E-state index is 5.90. The number of aryl methyl sites for hydroxylation is 1. The Hall–Kier alpha value is -0.820. The topological polar surface area (TPSA) is 59.6 Å². The van der Waals surface area contributed by atoms with Crippen LogP contribution in [0.5, 0.6) is 0 Å². The third-order valence-electron chi connectivity index (χ3n) is 3.85. The summed E-state index contributed by atoms with van der Waals surface area (Å²) in [6.07, 6.45) is 7.51. The van der Waals surface area contributed by atoms with E-state index in [0.717, 1.165) is 25.1 Å². The van der Waals surface area contributed by atoms with Gasteiger partial charge in [-0.2, -0.15) is 0 Å². The fourth-order valence-corrected chi connectivity index (χ4v) is 2.63. The SMILES string of the molecule is CCc1cccc(NC(N)=NCCCOC2CCCC2)c1.I. The molecule has 1 aromatic carbocycles. The van der Waals surface area contributed by atoms with Crippen molar-refractivity contribution in [1.82, 2.24) is 0 Å². The number of nitrogens with two attached hydrogens (primary N) is 1. The van der Waals surface area contributed by atoms with Gasteiger partial charge in [0.15, 0.2) is 5.96 Å². The highest BCUT2D eigenvalue weighted by atomic mass is 127. The average Bonchev–Trinajstić information content (AvgIpc) is 3.00. The van der Waals surface area contributed by atoms with E-state index in [-0.39, 0.29) is 24.0 Å². The van der Waals surface area contributed by atoms with Gasteiger partial charge in [0.25, 0.3) is 0 Å². The van der Waals surface area contributed by atoms with Gasteiger partial charge < -0.3 is 15.8 Å². The number of hydrogen-bond acceptors (Lipinski definition) is 2. The summed E-state index contributed by atoms with van der Waals surface area (Å²) < 4.78 is 5.80. The van der Waals surface area contributed by atoms with E-state index >= 15 is 0 Å². The molecule has 1 fully saturated rings. The lowest BCUT2D eigenvalue weighted by atomic mass is 10.1. The molecule has 0 bridgehead atoms. The maximum Gasteiger partial charge on any atom is 0.193 e. The van der Waals surface area contributed by atoms with Crippen LogP contribution in [0.25, 0.3) is 0 Å². The summed E-state index contributed by atoms with van der Waals surface area (Å²) in [5.41, 5.74) is 8.19. The summed E-state index contributed by atoms with van der Waals surface area (Å²) in [5, 5.41) is 3.14. The second-order valence-corrected chi connectivity index (χ2v) is 5.58. The van der Waals surface area contributed by atoms with Crippen molar-refractivity contribution >= 4 is 35.6 Å². The summed E-state index contributed by atoms with van der Waals surface area (Å²) in [6.45, 7) is 3.63. The number of nitrogens with one attached hydrogen (secondary N) is 1. The molecule has 0 aromatic heterocycles. The molecule has 1 aromatic rings. The van der Waals surface area contributed by atoms with Crippen LogP contribution in [0.2, 0.25) is 0 Å². The largest absolute Gasteiger partial charge is 0.378 e. The number of anilines is 1. The molecule has 2 rings (SSSR count). The number of guanidine groups is 1. The first-order chi connectivity index (χ1) is 10.3. The number of benzene rings is 1. The molecule has 4 nitrogen and oxygen atoms in total. The summed E-state index contributed by atoms with van der Waals surface area (Å²) in [7, 11) is 0. The Bertz CT molecular complexity index is 459. The Morgan fingerprint density at radius 3 is 2.86 bits per heavy atom. The minimum Gasteiger partial charge on any atom is -0.378 e. The van der Waals surface area contributed by atoms with E-state index in [9.17, 15) is 0 Å². The minimum absolute atomic E-state index is 0. The molecule has 0 atom stereocenters. The molecule has 0 amide bonds. The lowest BCUT2D eigenvalue weighted by Crippen LogP contribution is -2.23. The van der Waals surface area contributed by atoms with Crippen LogP contribution < -0.4 is 11.1 Å². The van der Waals surface area contributed by atoms with Crippen LogP contribution in [-0.4, -0.2) is 25.2 Å². The molecule has 22 heavy (non-hydrogen) atoms. The van der Waals surface area contributed by atoms with E-state index in [1.807, 2.05) is 12.1 Å². The fourth-order valence-electron chi connectivity index (χ4n) is 2.63. The second-order valence-electron chi connectivity index (χ2n) is 5.58.